The van der Waals surface area contributed by atoms with E-state index in [0.29, 0.717) is 6.08 Å². The van der Waals surface area contributed by atoms with Crippen LogP contribution in [-0.4, -0.2) is 38.7 Å². The summed E-state index contributed by atoms with van der Waals surface area (Å²) in [6, 6.07) is 0. The van der Waals surface area contributed by atoms with E-state index in [1.807, 2.05) is 0 Å². The van der Waals surface area contributed by atoms with Crippen molar-refractivity contribution in [3.8, 4) is 0 Å². The first-order valence-corrected chi connectivity index (χ1v) is 2.94. The molecule has 6 heteroatoms. The number of aliphatic hydroxyl groups excluding tert-OH is 1. The van der Waals surface area contributed by atoms with Gasteiger partial charge in [0.1, 0.15) is 0 Å². The monoisotopic (exact) mass is 176 g/mol. The van der Waals surface area contributed by atoms with Crippen molar-refractivity contribution in [3.05, 3.63) is 11.6 Å². The van der Waals surface area contributed by atoms with Crippen molar-refractivity contribution >= 4 is 11.9 Å². The van der Waals surface area contributed by atoms with Crippen molar-refractivity contribution in [2.75, 3.05) is 0 Å². The van der Waals surface area contributed by atoms with Gasteiger partial charge in [-0.05, 0) is 0 Å². The second kappa shape index (κ2) is 4.47. The quantitative estimate of drug-likeness (QED) is 0.315. The molecule has 12 heavy (non-hydrogen) atoms. The first kappa shape index (κ1) is 10.6. The van der Waals surface area contributed by atoms with Gasteiger partial charge in [-0.25, -0.2) is 4.79 Å². The molecule has 0 spiro atoms. The Labute approximate surface area is 67.4 Å². The second-order valence-corrected chi connectivity index (χ2v) is 2.00. The Bertz CT molecular complexity index is 216. The zero-order valence-corrected chi connectivity index (χ0v) is 5.97. The summed E-state index contributed by atoms with van der Waals surface area (Å²) in [7, 11) is 0. The van der Waals surface area contributed by atoms with Crippen LogP contribution in [0, 0.1) is 0 Å². The summed E-state index contributed by atoms with van der Waals surface area (Å²) in [4.78, 5) is 20.0. The van der Waals surface area contributed by atoms with Crippen LogP contribution in [0.1, 0.15) is 6.42 Å². The highest BCUT2D eigenvalue weighted by atomic mass is 16.5. The molecule has 0 aromatic rings. The molecule has 68 valence electrons. The predicted octanol–water partition coefficient (Wildman–Crippen LogP) is -1.22. The fraction of sp³-hybridized carbons (Fsp3) is 0.333. The Kier molecular flexibility index (Phi) is 3.95. The zero-order chi connectivity index (χ0) is 9.72. The molecule has 0 saturated heterocycles. The van der Waals surface area contributed by atoms with Crippen LogP contribution in [0.3, 0.4) is 0 Å². The summed E-state index contributed by atoms with van der Waals surface area (Å²) in [5, 5.41) is 33.3. The van der Waals surface area contributed by atoms with E-state index in [0.717, 1.165) is 0 Å². The number of carbonyl (C=O) groups is 2. The minimum absolute atomic E-state index is 0.457. The third-order valence-electron chi connectivity index (χ3n) is 0.996. The summed E-state index contributed by atoms with van der Waals surface area (Å²) in [5.41, 5.74) is -0.463. The van der Waals surface area contributed by atoms with Crippen molar-refractivity contribution in [1.82, 2.24) is 0 Å². The molecule has 0 saturated carbocycles. The van der Waals surface area contributed by atoms with E-state index in [-0.39, 0.29) is 0 Å². The molecule has 0 heterocycles. The summed E-state index contributed by atoms with van der Waals surface area (Å²) in [6.07, 6.45) is -2.29. The van der Waals surface area contributed by atoms with E-state index in [2.05, 4.69) is 0 Å². The van der Waals surface area contributed by atoms with Crippen LogP contribution in [0.5, 0.6) is 0 Å². The Balaban J connectivity index is 4.44. The van der Waals surface area contributed by atoms with Gasteiger partial charge in [0.15, 0.2) is 6.29 Å². The van der Waals surface area contributed by atoms with Gasteiger partial charge in [-0.15, -0.1) is 0 Å². The molecule has 0 fully saturated rings. The zero-order valence-electron chi connectivity index (χ0n) is 5.97. The Hall–Kier alpha value is -1.40. The van der Waals surface area contributed by atoms with E-state index in [1.54, 1.807) is 0 Å². The van der Waals surface area contributed by atoms with Gasteiger partial charge in [-0.2, -0.15) is 0 Å². The van der Waals surface area contributed by atoms with Gasteiger partial charge in [-0.1, -0.05) is 0 Å². The molecule has 0 aliphatic rings. The van der Waals surface area contributed by atoms with Crippen molar-refractivity contribution in [1.29, 1.82) is 0 Å². The first-order chi connectivity index (χ1) is 5.43. The molecule has 0 bridgehead atoms. The number of carboxylic acid groups (broad SMARTS) is 2. The van der Waals surface area contributed by atoms with Crippen LogP contribution >= 0.6 is 0 Å². The van der Waals surface area contributed by atoms with Gasteiger partial charge in [0.2, 0.25) is 0 Å². The third kappa shape index (κ3) is 4.42. The van der Waals surface area contributed by atoms with Crippen molar-refractivity contribution in [2.24, 2.45) is 0 Å². The minimum atomic E-state index is -2.04. The van der Waals surface area contributed by atoms with Gasteiger partial charge in [0, 0.05) is 11.6 Å². The predicted molar refractivity (Wildman–Crippen MR) is 36.2 cm³/mol. The van der Waals surface area contributed by atoms with E-state index in [1.165, 1.54) is 0 Å². The van der Waals surface area contributed by atoms with Gasteiger partial charge in [-0.3, -0.25) is 4.79 Å². The SMILES string of the molecule is O=C(O)C=C(CC(=O)O)C(O)O. The lowest BCUT2D eigenvalue weighted by Gasteiger charge is -2.04. The molecular formula is C6H8O6. The molecule has 0 aromatic heterocycles. The highest BCUT2D eigenvalue weighted by Crippen LogP contribution is 2.04. The maximum atomic E-state index is 10.0. The largest absolute Gasteiger partial charge is 0.481 e. The molecule has 0 aliphatic heterocycles. The summed E-state index contributed by atoms with van der Waals surface area (Å²) in [6.45, 7) is 0. The molecule has 0 unspecified atom stereocenters. The fourth-order valence-electron chi connectivity index (χ4n) is 0.550. The number of rotatable bonds is 4. The van der Waals surface area contributed by atoms with Gasteiger partial charge in [0.05, 0.1) is 6.42 Å². The number of aliphatic carboxylic acids is 2. The van der Waals surface area contributed by atoms with E-state index >= 15 is 0 Å². The smallest absolute Gasteiger partial charge is 0.328 e. The summed E-state index contributed by atoms with van der Waals surface area (Å²) >= 11 is 0. The maximum Gasteiger partial charge on any atom is 0.328 e. The number of hydrogen-bond donors (Lipinski definition) is 4. The lowest BCUT2D eigenvalue weighted by atomic mass is 10.1. The summed E-state index contributed by atoms with van der Waals surface area (Å²) in [5.74, 6) is -2.74. The van der Waals surface area contributed by atoms with E-state index in [9.17, 15) is 9.59 Å². The Morgan fingerprint density at radius 2 is 1.75 bits per heavy atom. The molecular weight excluding hydrogens is 168 g/mol. The average molecular weight is 176 g/mol. The lowest BCUT2D eigenvalue weighted by molar-refractivity contribution is -0.137. The average Bonchev–Trinajstić information content (AvgIpc) is 1.83. The van der Waals surface area contributed by atoms with E-state index in [4.69, 9.17) is 20.4 Å². The molecule has 0 rings (SSSR count). The molecule has 0 atom stereocenters. The minimum Gasteiger partial charge on any atom is -0.481 e. The van der Waals surface area contributed by atoms with Crippen LogP contribution in [0.4, 0.5) is 0 Å². The highest BCUT2D eigenvalue weighted by molar-refractivity contribution is 5.82. The molecule has 0 amide bonds. The topological polar surface area (TPSA) is 115 Å². The molecule has 4 N–H and O–H groups in total. The van der Waals surface area contributed by atoms with Crippen molar-refractivity contribution < 1.29 is 30.0 Å². The van der Waals surface area contributed by atoms with Crippen LogP contribution in [0.2, 0.25) is 0 Å². The van der Waals surface area contributed by atoms with Gasteiger partial charge >= 0.3 is 11.9 Å². The Morgan fingerprint density at radius 3 is 2.00 bits per heavy atom. The van der Waals surface area contributed by atoms with Crippen molar-refractivity contribution in [3.63, 3.8) is 0 Å². The number of aliphatic hydroxyl groups is 2. The maximum absolute atomic E-state index is 10.0. The van der Waals surface area contributed by atoms with Crippen LogP contribution < -0.4 is 0 Å². The van der Waals surface area contributed by atoms with Gasteiger partial charge in [0.25, 0.3) is 0 Å². The number of hydrogen-bond acceptors (Lipinski definition) is 4. The normalized spacial score (nSPS) is 11.8. The lowest BCUT2D eigenvalue weighted by Crippen LogP contribution is -2.14. The third-order valence-corrected chi connectivity index (χ3v) is 0.996. The second-order valence-electron chi connectivity index (χ2n) is 2.00. The Morgan fingerprint density at radius 1 is 1.25 bits per heavy atom. The van der Waals surface area contributed by atoms with Crippen LogP contribution in [0.25, 0.3) is 0 Å². The van der Waals surface area contributed by atoms with Crippen LogP contribution in [0.15, 0.2) is 11.6 Å². The standard InChI is InChI=1S/C6H8O6/c7-4(8)1-3(6(11)12)2-5(9)10/h1,6,11-12H,2H2,(H,7,8)(H,9,10). The van der Waals surface area contributed by atoms with Gasteiger partial charge < -0.3 is 20.4 Å². The summed E-state index contributed by atoms with van der Waals surface area (Å²) < 4.78 is 0. The van der Waals surface area contributed by atoms with E-state index < -0.39 is 30.2 Å². The number of carboxylic acids is 2. The fourth-order valence-corrected chi connectivity index (χ4v) is 0.550. The molecule has 0 aromatic carbocycles. The molecule has 0 aliphatic carbocycles. The highest BCUT2D eigenvalue weighted by Gasteiger charge is 2.12. The molecule has 0 radical (unpaired) electrons. The van der Waals surface area contributed by atoms with Crippen molar-refractivity contribution in [2.45, 2.75) is 12.7 Å². The first-order valence-electron chi connectivity index (χ1n) is 2.94. The van der Waals surface area contributed by atoms with Crippen LogP contribution in [-0.2, 0) is 9.59 Å². The molecule has 6 nitrogen and oxygen atoms in total.